The molecule has 1 aliphatic rings. The predicted molar refractivity (Wildman–Crippen MR) is 317 cm³/mol. The van der Waals surface area contributed by atoms with E-state index in [1.165, 1.54) is 24.3 Å². The predicted octanol–water partition coefficient (Wildman–Crippen LogP) is 2.61. The number of nitrogens with two attached hydrogens (primary N) is 1. The molecule has 3 aromatic carbocycles. The van der Waals surface area contributed by atoms with Crippen molar-refractivity contribution in [2.24, 2.45) is 5.73 Å². The third-order valence-electron chi connectivity index (χ3n) is 14.2. The van der Waals surface area contributed by atoms with Crippen molar-refractivity contribution >= 4 is 76.1 Å². The minimum absolute atomic E-state index is 0.00424. The Kier molecular flexibility index (Phi) is 26.4. The number of aliphatic carboxylic acids is 1. The van der Waals surface area contributed by atoms with Crippen molar-refractivity contribution in [3.8, 4) is 5.75 Å². The molecule has 1 aromatic heterocycles. The Morgan fingerprint density at radius 2 is 1.31 bits per heavy atom. The Bertz CT molecular complexity index is 2980. The first kappa shape index (κ1) is 67.8. The van der Waals surface area contributed by atoms with E-state index in [9.17, 15) is 63.0 Å². The van der Waals surface area contributed by atoms with Gasteiger partial charge in [-0.15, -0.1) is 0 Å². The van der Waals surface area contributed by atoms with Crippen LogP contribution in [0.15, 0.2) is 85.1 Å². The zero-order chi connectivity index (χ0) is 62.9. The van der Waals surface area contributed by atoms with Crippen LogP contribution in [0.1, 0.15) is 128 Å². The second-order valence-corrected chi connectivity index (χ2v) is 22.4. The first-order valence-electron chi connectivity index (χ1n) is 29.2. The van der Waals surface area contributed by atoms with Crippen molar-refractivity contribution in [1.82, 2.24) is 52.8 Å². The highest BCUT2D eigenvalue weighted by molar-refractivity contribution is 5.99. The normalized spacial score (nSPS) is 18.8. The molecule has 0 aliphatic carbocycles. The van der Waals surface area contributed by atoms with E-state index < -0.39 is 126 Å². The highest BCUT2D eigenvalue weighted by atomic mass is 16.6. The Morgan fingerprint density at radius 3 is 1.99 bits per heavy atom. The standard InChI is InChI=1S/C61H83N11O14/c1-6-8-20-42-53(78)65-44(23-15-16-30-63-50(74)29-28-45(72-60(85)86-61(3,4)5)56(81)69-47(57(82)66-42)32-37-24-26-39(73)27-25-37)55(80)70-48(33-38-35-64-41-22-14-13-19-40(38)41)58(83)67-43(21-9-7-2)54(79)71-49(34-51(75)76)59(84)68-46(52(62)77)31-36-17-11-10-12-18-36/h10-14,17-19,22,24-27,35,42-49,64,73H,6-9,15-16,20-21,23,28-34H2,1-5H3,(H2,62,77)(H,63,74)(H,65,78)(H,66,82)(H,67,83)(H,68,84)(H,69,81)(H,70,80)(H,71,79)(H,72,85)(H,75,76)/t42-,43-,44-,45-,46-,47+,48-,49-/m0/s1. The monoisotopic (exact) mass is 1190 g/mol. The lowest BCUT2D eigenvalue weighted by Crippen LogP contribution is -2.61. The SMILES string of the molecule is CCCC[C@H](NC(=O)[C@H](Cc1c[nH]c2ccccc12)NC(=O)[C@@H]1CCCCNC(=O)CC[C@H](NC(=O)OC(C)(C)C)C(=O)N[C@H](Cc2ccc(O)cc2)C(=O)N[C@@H](CCCC)C(=O)N1)C(=O)N[C@@H](CC(=O)O)C(=O)N[C@@H](Cc1ccccc1)C(N)=O. The van der Waals surface area contributed by atoms with Crippen LogP contribution in [0.2, 0.25) is 0 Å². The first-order chi connectivity index (χ1) is 40.9. The van der Waals surface area contributed by atoms with E-state index in [1.54, 1.807) is 75.5 Å². The fourth-order valence-corrected chi connectivity index (χ4v) is 9.58. The molecule has 466 valence electrons. The third kappa shape index (κ3) is 22.5. The molecule has 2 heterocycles. The number of nitrogens with one attached hydrogen (secondary N) is 10. The van der Waals surface area contributed by atoms with Gasteiger partial charge in [0.15, 0.2) is 0 Å². The number of carboxylic acids is 1. The van der Waals surface area contributed by atoms with Gasteiger partial charge in [0.1, 0.15) is 59.7 Å². The molecule has 0 radical (unpaired) electrons. The van der Waals surface area contributed by atoms with E-state index in [0.717, 1.165) is 0 Å². The van der Waals surface area contributed by atoms with E-state index in [2.05, 4.69) is 52.8 Å². The topological polar surface area (TPSA) is 388 Å². The molecule has 1 aliphatic heterocycles. The maximum Gasteiger partial charge on any atom is 0.408 e. The molecule has 5 rings (SSSR count). The summed E-state index contributed by atoms with van der Waals surface area (Å²) < 4.78 is 5.41. The number of alkyl carbamates (subject to hydrolysis) is 1. The summed E-state index contributed by atoms with van der Waals surface area (Å²) in [5.41, 5.74) is 7.13. The molecular formula is C61H83N11O14. The number of phenols is 1. The van der Waals surface area contributed by atoms with Crippen LogP contribution in [0.25, 0.3) is 10.9 Å². The van der Waals surface area contributed by atoms with Gasteiger partial charge >= 0.3 is 12.1 Å². The summed E-state index contributed by atoms with van der Waals surface area (Å²) in [6.45, 7) is 8.71. The smallest absolute Gasteiger partial charge is 0.408 e. The number of aromatic nitrogens is 1. The van der Waals surface area contributed by atoms with Crippen molar-refractivity contribution in [3.05, 3.63) is 102 Å². The zero-order valence-corrected chi connectivity index (χ0v) is 49.4. The van der Waals surface area contributed by atoms with Gasteiger partial charge in [0.05, 0.1) is 6.42 Å². The highest BCUT2D eigenvalue weighted by Gasteiger charge is 2.36. The van der Waals surface area contributed by atoms with Gasteiger partial charge < -0.3 is 73.5 Å². The van der Waals surface area contributed by atoms with Crippen molar-refractivity contribution in [2.45, 2.75) is 185 Å². The van der Waals surface area contributed by atoms with Gasteiger partial charge in [0.25, 0.3) is 0 Å². The molecule has 0 bridgehead atoms. The van der Waals surface area contributed by atoms with Crippen LogP contribution in [0, 0.1) is 0 Å². The Morgan fingerprint density at radius 1 is 0.686 bits per heavy atom. The van der Waals surface area contributed by atoms with Crippen LogP contribution in [-0.4, -0.2) is 141 Å². The summed E-state index contributed by atoms with van der Waals surface area (Å²) in [6.07, 6.45) is 1.49. The maximum atomic E-state index is 14.9. The van der Waals surface area contributed by atoms with Gasteiger partial charge in [-0.1, -0.05) is 100 Å². The highest BCUT2D eigenvalue weighted by Crippen LogP contribution is 2.21. The lowest BCUT2D eigenvalue weighted by molar-refractivity contribution is -0.141. The Hall–Kier alpha value is -9.03. The molecule has 25 heteroatoms. The van der Waals surface area contributed by atoms with Gasteiger partial charge in [-0.2, -0.15) is 0 Å². The number of benzene rings is 3. The van der Waals surface area contributed by atoms with Gasteiger partial charge in [0, 0.05) is 49.3 Å². The number of carbonyl (C=O) groups is 11. The molecule has 1 fully saturated rings. The van der Waals surface area contributed by atoms with Crippen molar-refractivity contribution in [1.29, 1.82) is 0 Å². The third-order valence-corrected chi connectivity index (χ3v) is 14.2. The van der Waals surface area contributed by atoms with Crippen LogP contribution in [0.4, 0.5) is 4.79 Å². The number of para-hydroxylation sites is 1. The summed E-state index contributed by atoms with van der Waals surface area (Å²) in [5, 5.41) is 44.6. The summed E-state index contributed by atoms with van der Waals surface area (Å²) in [5.74, 6) is -8.99. The van der Waals surface area contributed by atoms with Gasteiger partial charge in [0.2, 0.25) is 53.2 Å². The average Bonchev–Trinajstić information content (AvgIpc) is 2.82. The molecule has 1 saturated heterocycles. The van der Waals surface area contributed by atoms with Crippen LogP contribution < -0.4 is 53.6 Å². The number of rotatable bonds is 24. The summed E-state index contributed by atoms with van der Waals surface area (Å²) in [4.78, 5) is 155. The molecule has 25 nitrogen and oxygen atoms in total. The second kappa shape index (κ2) is 33.5. The maximum absolute atomic E-state index is 14.9. The van der Waals surface area contributed by atoms with Crippen LogP contribution in [0.5, 0.6) is 5.75 Å². The van der Waals surface area contributed by atoms with E-state index >= 15 is 0 Å². The fourth-order valence-electron chi connectivity index (χ4n) is 9.58. The minimum atomic E-state index is -1.73. The largest absolute Gasteiger partial charge is 0.508 e. The molecule has 0 saturated carbocycles. The Balaban J connectivity index is 1.45. The van der Waals surface area contributed by atoms with Crippen LogP contribution in [0.3, 0.4) is 0 Å². The second-order valence-electron chi connectivity index (χ2n) is 22.4. The number of ether oxygens (including phenoxy) is 1. The van der Waals surface area contributed by atoms with Gasteiger partial charge in [-0.25, -0.2) is 4.79 Å². The number of H-pyrrole nitrogens is 1. The van der Waals surface area contributed by atoms with E-state index in [0.29, 0.717) is 53.3 Å². The molecule has 86 heavy (non-hydrogen) atoms. The molecule has 4 aromatic rings. The summed E-state index contributed by atoms with van der Waals surface area (Å²) in [6, 6.07) is 10.4. The number of carboxylic acid groups (broad SMARTS) is 1. The number of fused-ring (bicyclic) bond motifs is 1. The quantitative estimate of drug-likeness (QED) is 0.0480. The Labute approximate surface area is 499 Å². The minimum Gasteiger partial charge on any atom is -0.508 e. The van der Waals surface area contributed by atoms with E-state index in [1.807, 2.05) is 19.9 Å². The number of aromatic amines is 1. The molecule has 14 N–H and O–H groups in total. The number of unbranched alkanes of at least 4 members (excludes halogenated alkanes) is 2. The lowest BCUT2D eigenvalue weighted by atomic mass is 10.0. The molecule has 0 unspecified atom stereocenters. The van der Waals surface area contributed by atoms with Gasteiger partial charge in [-0.3, -0.25) is 47.9 Å². The van der Waals surface area contributed by atoms with E-state index in [4.69, 9.17) is 10.5 Å². The number of amides is 10. The van der Waals surface area contributed by atoms with Crippen molar-refractivity contribution < 1.29 is 67.7 Å². The summed E-state index contributed by atoms with van der Waals surface area (Å²) in [7, 11) is 0. The number of carbonyl (C=O) groups excluding carboxylic acids is 10. The zero-order valence-electron chi connectivity index (χ0n) is 49.4. The number of phenolic OH excluding ortho intramolecular Hbond substituents is 1. The van der Waals surface area contributed by atoms with Crippen LogP contribution >= 0.6 is 0 Å². The molecular weight excluding hydrogens is 1110 g/mol. The number of aromatic hydroxyl groups is 1. The number of hydrogen-bond acceptors (Lipinski definition) is 13. The summed E-state index contributed by atoms with van der Waals surface area (Å²) >= 11 is 0. The number of primary amides is 1. The molecule has 8 atom stereocenters. The van der Waals surface area contributed by atoms with Crippen LogP contribution in [-0.2, 0) is 71.9 Å². The average molecular weight is 1190 g/mol. The van der Waals surface area contributed by atoms with Crippen molar-refractivity contribution in [2.75, 3.05) is 6.54 Å². The fraction of sp³-hybridized carbons (Fsp3) is 0.492. The van der Waals surface area contributed by atoms with Crippen molar-refractivity contribution in [3.63, 3.8) is 0 Å². The molecule has 0 spiro atoms. The lowest BCUT2D eigenvalue weighted by Gasteiger charge is -2.28. The molecule has 10 amide bonds. The number of hydrogen-bond donors (Lipinski definition) is 13. The van der Waals surface area contributed by atoms with E-state index in [-0.39, 0.29) is 76.5 Å². The van der Waals surface area contributed by atoms with Gasteiger partial charge in [-0.05, 0) is 94.2 Å². The first-order valence-corrected chi connectivity index (χ1v) is 29.2.